The molecule has 0 aliphatic heterocycles. The fraction of sp³-hybridized carbons (Fsp3) is 0.625. The van der Waals surface area contributed by atoms with E-state index in [1.165, 1.54) is 35.7 Å². The van der Waals surface area contributed by atoms with Crippen molar-refractivity contribution in [3.63, 3.8) is 0 Å². The zero-order valence-corrected chi connectivity index (χ0v) is 13.1. The summed E-state index contributed by atoms with van der Waals surface area (Å²) in [5, 5.41) is 3.72. The maximum atomic E-state index is 3.72. The van der Waals surface area contributed by atoms with Gasteiger partial charge in [-0.2, -0.15) is 0 Å². The van der Waals surface area contributed by atoms with Crippen LogP contribution < -0.4 is 5.32 Å². The molecule has 2 rings (SSSR count). The SMILES string of the molecule is CCNC(Cc1ccccc1Br)C1(C)CCCC1. The first-order chi connectivity index (χ1) is 8.65. The van der Waals surface area contributed by atoms with E-state index in [0.29, 0.717) is 11.5 Å². The van der Waals surface area contributed by atoms with Crippen LogP contribution >= 0.6 is 15.9 Å². The number of nitrogens with one attached hydrogen (secondary N) is 1. The lowest BCUT2D eigenvalue weighted by atomic mass is 9.78. The standard InChI is InChI=1S/C16H24BrN/c1-3-18-15(16(2)10-6-7-11-16)12-13-8-4-5-9-14(13)17/h4-5,8-9,15,18H,3,6-7,10-12H2,1-2H3. The van der Waals surface area contributed by atoms with Crippen molar-refractivity contribution in [1.82, 2.24) is 5.32 Å². The van der Waals surface area contributed by atoms with Gasteiger partial charge >= 0.3 is 0 Å². The number of likely N-dealkylation sites (N-methyl/N-ethyl adjacent to an activating group) is 1. The number of hydrogen-bond acceptors (Lipinski definition) is 1. The van der Waals surface area contributed by atoms with Gasteiger partial charge in [0.25, 0.3) is 0 Å². The van der Waals surface area contributed by atoms with Crippen LogP contribution in [0.3, 0.4) is 0 Å². The molecule has 0 aromatic heterocycles. The van der Waals surface area contributed by atoms with E-state index in [-0.39, 0.29) is 0 Å². The molecule has 18 heavy (non-hydrogen) atoms. The number of rotatable bonds is 5. The van der Waals surface area contributed by atoms with Crippen molar-refractivity contribution < 1.29 is 0 Å². The van der Waals surface area contributed by atoms with Crippen molar-refractivity contribution in [2.75, 3.05) is 6.54 Å². The molecule has 0 heterocycles. The average Bonchev–Trinajstić information content (AvgIpc) is 2.79. The minimum atomic E-state index is 0.477. The van der Waals surface area contributed by atoms with E-state index in [1.54, 1.807) is 0 Å². The predicted molar refractivity (Wildman–Crippen MR) is 81.9 cm³/mol. The van der Waals surface area contributed by atoms with Crippen LogP contribution in [0.1, 0.15) is 45.1 Å². The van der Waals surface area contributed by atoms with Crippen molar-refractivity contribution >= 4 is 15.9 Å². The molecule has 1 fully saturated rings. The van der Waals surface area contributed by atoms with Crippen molar-refractivity contribution in [3.8, 4) is 0 Å². The smallest absolute Gasteiger partial charge is 0.0207 e. The van der Waals surface area contributed by atoms with Gasteiger partial charge in [0, 0.05) is 10.5 Å². The van der Waals surface area contributed by atoms with Crippen LogP contribution in [0.5, 0.6) is 0 Å². The first-order valence-electron chi connectivity index (χ1n) is 7.12. The van der Waals surface area contributed by atoms with Crippen LogP contribution in [-0.2, 0) is 6.42 Å². The quantitative estimate of drug-likeness (QED) is 0.841. The zero-order chi connectivity index (χ0) is 13.0. The maximum absolute atomic E-state index is 3.72. The first kappa shape index (κ1) is 14.1. The maximum Gasteiger partial charge on any atom is 0.0207 e. The van der Waals surface area contributed by atoms with Crippen molar-refractivity contribution in [3.05, 3.63) is 34.3 Å². The molecule has 0 bridgehead atoms. The van der Waals surface area contributed by atoms with Gasteiger partial charge in [0.15, 0.2) is 0 Å². The lowest BCUT2D eigenvalue weighted by Gasteiger charge is -2.35. The monoisotopic (exact) mass is 309 g/mol. The molecule has 1 unspecified atom stereocenters. The molecule has 1 aromatic rings. The summed E-state index contributed by atoms with van der Waals surface area (Å²) in [7, 11) is 0. The van der Waals surface area contributed by atoms with Crippen LogP contribution in [0.25, 0.3) is 0 Å². The van der Waals surface area contributed by atoms with Crippen LogP contribution in [0.4, 0.5) is 0 Å². The van der Waals surface area contributed by atoms with Crippen molar-refractivity contribution in [2.24, 2.45) is 5.41 Å². The molecule has 100 valence electrons. The second-order valence-electron chi connectivity index (χ2n) is 5.77. The fourth-order valence-electron chi connectivity index (χ4n) is 3.23. The van der Waals surface area contributed by atoms with E-state index in [2.05, 4.69) is 59.4 Å². The highest BCUT2D eigenvalue weighted by atomic mass is 79.9. The highest BCUT2D eigenvalue weighted by Gasteiger charge is 2.36. The minimum Gasteiger partial charge on any atom is -0.313 e. The Morgan fingerprint density at radius 3 is 2.56 bits per heavy atom. The Balaban J connectivity index is 2.13. The van der Waals surface area contributed by atoms with Gasteiger partial charge in [-0.05, 0) is 42.9 Å². The summed E-state index contributed by atoms with van der Waals surface area (Å²) in [6, 6.07) is 9.22. The molecule has 0 amide bonds. The molecular formula is C16H24BrN. The van der Waals surface area contributed by atoms with E-state index < -0.39 is 0 Å². The van der Waals surface area contributed by atoms with Gasteiger partial charge in [-0.3, -0.25) is 0 Å². The summed E-state index contributed by atoms with van der Waals surface area (Å²) < 4.78 is 1.24. The van der Waals surface area contributed by atoms with Crippen LogP contribution in [0, 0.1) is 5.41 Å². The summed E-state index contributed by atoms with van der Waals surface area (Å²) >= 11 is 3.67. The normalized spacial score (nSPS) is 19.9. The molecule has 1 saturated carbocycles. The fourth-order valence-corrected chi connectivity index (χ4v) is 3.67. The molecular weight excluding hydrogens is 286 g/mol. The van der Waals surface area contributed by atoms with Crippen molar-refractivity contribution in [1.29, 1.82) is 0 Å². The molecule has 0 saturated heterocycles. The van der Waals surface area contributed by atoms with Gasteiger partial charge in [-0.1, -0.05) is 60.8 Å². The lowest BCUT2D eigenvalue weighted by Crippen LogP contribution is -2.43. The third kappa shape index (κ3) is 3.16. The molecule has 1 atom stereocenters. The summed E-state index contributed by atoms with van der Waals surface area (Å²) in [5.74, 6) is 0. The Morgan fingerprint density at radius 1 is 1.28 bits per heavy atom. The van der Waals surface area contributed by atoms with Gasteiger partial charge in [0.2, 0.25) is 0 Å². The molecule has 0 spiro atoms. The highest BCUT2D eigenvalue weighted by molar-refractivity contribution is 9.10. The molecule has 1 aliphatic carbocycles. The number of hydrogen-bond donors (Lipinski definition) is 1. The third-order valence-electron chi connectivity index (χ3n) is 4.42. The Bertz CT molecular complexity index is 382. The highest BCUT2D eigenvalue weighted by Crippen LogP contribution is 2.41. The molecule has 1 nitrogen and oxygen atoms in total. The second-order valence-corrected chi connectivity index (χ2v) is 6.62. The minimum absolute atomic E-state index is 0.477. The van der Waals surface area contributed by atoms with Gasteiger partial charge < -0.3 is 5.32 Å². The summed E-state index contributed by atoms with van der Waals surface area (Å²) in [6.07, 6.45) is 6.67. The second kappa shape index (κ2) is 6.21. The first-order valence-corrected chi connectivity index (χ1v) is 7.92. The topological polar surface area (TPSA) is 12.0 Å². The zero-order valence-electron chi connectivity index (χ0n) is 11.5. The average molecular weight is 310 g/mol. The number of benzene rings is 1. The summed E-state index contributed by atoms with van der Waals surface area (Å²) in [5.41, 5.74) is 1.90. The largest absolute Gasteiger partial charge is 0.313 e. The van der Waals surface area contributed by atoms with Gasteiger partial charge in [-0.25, -0.2) is 0 Å². The van der Waals surface area contributed by atoms with Crippen molar-refractivity contribution in [2.45, 2.75) is 52.0 Å². The Labute approximate surface area is 119 Å². The molecule has 1 aliphatic rings. The summed E-state index contributed by atoms with van der Waals surface area (Å²) in [4.78, 5) is 0. The van der Waals surface area contributed by atoms with E-state index >= 15 is 0 Å². The van der Waals surface area contributed by atoms with Crippen LogP contribution in [-0.4, -0.2) is 12.6 Å². The Kier molecular flexibility index (Phi) is 4.85. The van der Waals surface area contributed by atoms with E-state index in [4.69, 9.17) is 0 Å². The summed E-state index contributed by atoms with van der Waals surface area (Å²) in [6.45, 7) is 5.74. The third-order valence-corrected chi connectivity index (χ3v) is 5.19. The molecule has 0 radical (unpaired) electrons. The van der Waals surface area contributed by atoms with Gasteiger partial charge in [0.05, 0.1) is 0 Å². The van der Waals surface area contributed by atoms with E-state index in [1.807, 2.05) is 0 Å². The van der Waals surface area contributed by atoms with E-state index in [9.17, 15) is 0 Å². The molecule has 1 aromatic carbocycles. The van der Waals surface area contributed by atoms with Gasteiger partial charge in [-0.15, -0.1) is 0 Å². The van der Waals surface area contributed by atoms with Crippen LogP contribution in [0.15, 0.2) is 28.7 Å². The molecule has 1 N–H and O–H groups in total. The van der Waals surface area contributed by atoms with E-state index in [0.717, 1.165) is 13.0 Å². The number of halogens is 1. The lowest BCUT2D eigenvalue weighted by molar-refractivity contribution is 0.222. The predicted octanol–water partition coefficient (Wildman–Crippen LogP) is 4.55. The Morgan fingerprint density at radius 2 is 1.94 bits per heavy atom. The molecule has 2 heteroatoms. The Hall–Kier alpha value is -0.340. The van der Waals surface area contributed by atoms with Crippen LogP contribution in [0.2, 0.25) is 0 Å². The van der Waals surface area contributed by atoms with Gasteiger partial charge in [0.1, 0.15) is 0 Å².